The Morgan fingerprint density at radius 1 is 1.14 bits per heavy atom. The normalized spacial score (nSPS) is 11.1. The maximum absolute atomic E-state index is 11.4. The zero-order valence-electron chi connectivity index (χ0n) is 11.2. The van der Waals surface area contributed by atoms with Crippen molar-refractivity contribution in [3.8, 4) is 0 Å². The van der Waals surface area contributed by atoms with E-state index in [4.69, 9.17) is 10.8 Å². The van der Waals surface area contributed by atoms with Crippen molar-refractivity contribution in [2.45, 2.75) is 4.90 Å². The van der Waals surface area contributed by atoms with Crippen LogP contribution in [0.2, 0.25) is 0 Å². The Labute approximate surface area is 122 Å². The van der Waals surface area contributed by atoms with Crippen molar-refractivity contribution in [3.05, 3.63) is 48.0 Å². The van der Waals surface area contributed by atoms with E-state index in [1.165, 1.54) is 30.3 Å². The predicted molar refractivity (Wildman–Crippen MR) is 80.6 cm³/mol. The molecule has 4 N–H and O–H groups in total. The minimum atomic E-state index is -3.26. The molecule has 0 bridgehead atoms. The summed E-state index contributed by atoms with van der Waals surface area (Å²) >= 11 is 0. The lowest BCUT2D eigenvalue weighted by Gasteiger charge is -2.11. The summed E-state index contributed by atoms with van der Waals surface area (Å²) in [4.78, 5) is 11.3. The molecule has 0 aliphatic carbocycles. The quantitative estimate of drug-likeness (QED) is 0.746. The summed E-state index contributed by atoms with van der Waals surface area (Å²) in [6, 6.07) is 10.4. The van der Waals surface area contributed by atoms with Crippen LogP contribution < -0.4 is 11.1 Å². The van der Waals surface area contributed by atoms with Crippen LogP contribution in [0.1, 0.15) is 10.4 Å². The van der Waals surface area contributed by atoms with E-state index in [1.54, 1.807) is 12.1 Å². The van der Waals surface area contributed by atoms with E-state index < -0.39 is 15.8 Å². The molecular formula is C14H14N2O4S. The summed E-state index contributed by atoms with van der Waals surface area (Å²) in [5, 5.41) is 12.0. The lowest BCUT2D eigenvalue weighted by molar-refractivity contribution is 0.0698. The van der Waals surface area contributed by atoms with Gasteiger partial charge in [0.05, 0.1) is 16.1 Å². The molecule has 0 spiro atoms. The van der Waals surface area contributed by atoms with E-state index >= 15 is 0 Å². The maximum Gasteiger partial charge on any atom is 0.337 e. The first-order valence-corrected chi connectivity index (χ1v) is 7.86. The van der Waals surface area contributed by atoms with Crippen molar-refractivity contribution in [2.75, 3.05) is 17.3 Å². The highest BCUT2D eigenvalue weighted by molar-refractivity contribution is 7.90. The second-order valence-electron chi connectivity index (χ2n) is 4.53. The van der Waals surface area contributed by atoms with Crippen molar-refractivity contribution in [1.29, 1.82) is 0 Å². The number of nitrogen functional groups attached to an aromatic ring is 1. The number of anilines is 3. The van der Waals surface area contributed by atoms with E-state index in [1.807, 2.05) is 0 Å². The zero-order valence-corrected chi connectivity index (χ0v) is 12.0. The van der Waals surface area contributed by atoms with Gasteiger partial charge < -0.3 is 16.2 Å². The number of carboxylic acid groups (broad SMARTS) is 1. The van der Waals surface area contributed by atoms with Gasteiger partial charge in [-0.25, -0.2) is 13.2 Å². The van der Waals surface area contributed by atoms with Gasteiger partial charge in [0.25, 0.3) is 0 Å². The molecule has 0 fully saturated rings. The van der Waals surface area contributed by atoms with Crippen molar-refractivity contribution in [3.63, 3.8) is 0 Å². The summed E-state index contributed by atoms with van der Waals surface area (Å²) in [7, 11) is -3.26. The molecule has 0 heterocycles. The first kappa shape index (κ1) is 14.9. The van der Waals surface area contributed by atoms with Crippen LogP contribution in [0.25, 0.3) is 0 Å². The molecule has 0 aliphatic rings. The molecule has 21 heavy (non-hydrogen) atoms. The third-order valence-corrected chi connectivity index (χ3v) is 3.96. The molecule has 0 radical (unpaired) electrons. The zero-order chi connectivity index (χ0) is 15.6. The number of nitrogens with two attached hydrogens (primary N) is 1. The van der Waals surface area contributed by atoms with E-state index in [-0.39, 0.29) is 10.5 Å². The van der Waals surface area contributed by atoms with Crippen molar-refractivity contribution in [2.24, 2.45) is 0 Å². The summed E-state index contributed by atoms with van der Waals surface area (Å²) in [5.74, 6) is -1.08. The monoisotopic (exact) mass is 306 g/mol. The van der Waals surface area contributed by atoms with Crippen molar-refractivity contribution in [1.82, 2.24) is 0 Å². The predicted octanol–water partition coefficient (Wildman–Crippen LogP) is 2.11. The van der Waals surface area contributed by atoms with Crippen LogP contribution in [0.3, 0.4) is 0 Å². The summed E-state index contributed by atoms with van der Waals surface area (Å²) < 4.78 is 22.8. The number of nitrogens with one attached hydrogen (secondary N) is 1. The minimum Gasteiger partial charge on any atom is -0.478 e. The van der Waals surface area contributed by atoms with Gasteiger partial charge in [-0.2, -0.15) is 0 Å². The number of carbonyl (C=O) groups is 1. The summed E-state index contributed by atoms with van der Waals surface area (Å²) in [6.07, 6.45) is 1.12. The Hall–Kier alpha value is -2.54. The Bertz CT molecular complexity index is 783. The second kappa shape index (κ2) is 5.45. The van der Waals surface area contributed by atoms with E-state index in [2.05, 4.69) is 5.32 Å². The smallest absolute Gasteiger partial charge is 0.337 e. The molecule has 0 unspecified atom stereocenters. The van der Waals surface area contributed by atoms with Crippen LogP contribution in [0, 0.1) is 0 Å². The highest BCUT2D eigenvalue weighted by atomic mass is 32.2. The van der Waals surface area contributed by atoms with Crippen LogP contribution in [0.15, 0.2) is 47.4 Å². The topological polar surface area (TPSA) is 109 Å². The summed E-state index contributed by atoms with van der Waals surface area (Å²) in [6.45, 7) is 0. The standard InChI is InChI=1S/C14H14N2O4S/c1-21(19,20)11-5-3-10(4-6-11)16-13-8-9(15)2-7-12(13)14(17)18/h2-8,16H,15H2,1H3,(H,17,18). The number of sulfone groups is 1. The van der Waals surface area contributed by atoms with Gasteiger partial charge in [-0.05, 0) is 42.5 Å². The summed E-state index contributed by atoms with van der Waals surface area (Å²) in [5.41, 5.74) is 7.06. The van der Waals surface area contributed by atoms with E-state index in [0.29, 0.717) is 17.1 Å². The Morgan fingerprint density at radius 2 is 1.76 bits per heavy atom. The molecule has 2 aromatic rings. The second-order valence-corrected chi connectivity index (χ2v) is 6.55. The molecule has 6 nitrogen and oxygen atoms in total. The van der Waals surface area contributed by atoms with Gasteiger partial charge in [-0.1, -0.05) is 0 Å². The minimum absolute atomic E-state index is 0.0800. The van der Waals surface area contributed by atoms with Crippen LogP contribution in [0.5, 0.6) is 0 Å². The van der Waals surface area contributed by atoms with Gasteiger partial charge in [-0.3, -0.25) is 0 Å². The van der Waals surface area contributed by atoms with E-state index in [0.717, 1.165) is 6.26 Å². The number of hydrogen-bond donors (Lipinski definition) is 3. The third kappa shape index (κ3) is 3.51. The molecule has 0 aromatic heterocycles. The van der Waals surface area contributed by atoms with Crippen LogP contribution in [-0.4, -0.2) is 25.7 Å². The fraction of sp³-hybridized carbons (Fsp3) is 0.0714. The van der Waals surface area contributed by atoms with Crippen LogP contribution in [-0.2, 0) is 9.84 Å². The molecule has 0 saturated carbocycles. The number of rotatable bonds is 4. The van der Waals surface area contributed by atoms with E-state index in [9.17, 15) is 13.2 Å². The van der Waals surface area contributed by atoms with Crippen LogP contribution >= 0.6 is 0 Å². The SMILES string of the molecule is CS(=O)(=O)c1ccc(Nc2cc(N)ccc2C(=O)O)cc1. The fourth-order valence-corrected chi connectivity index (χ4v) is 2.42. The highest BCUT2D eigenvalue weighted by Crippen LogP contribution is 2.24. The largest absolute Gasteiger partial charge is 0.478 e. The molecular weight excluding hydrogens is 292 g/mol. The van der Waals surface area contributed by atoms with Crippen molar-refractivity contribution >= 4 is 32.9 Å². The Kier molecular flexibility index (Phi) is 3.86. The molecule has 7 heteroatoms. The number of hydrogen-bond acceptors (Lipinski definition) is 5. The molecule has 0 atom stereocenters. The fourth-order valence-electron chi connectivity index (χ4n) is 1.79. The average Bonchev–Trinajstić information content (AvgIpc) is 2.38. The molecule has 2 aromatic carbocycles. The van der Waals surface area contributed by atoms with Gasteiger partial charge in [0, 0.05) is 17.6 Å². The number of aromatic carboxylic acids is 1. The maximum atomic E-state index is 11.4. The lowest BCUT2D eigenvalue weighted by atomic mass is 10.1. The average molecular weight is 306 g/mol. The molecule has 0 saturated heterocycles. The number of carboxylic acids is 1. The Balaban J connectivity index is 2.34. The van der Waals surface area contributed by atoms with Crippen LogP contribution in [0.4, 0.5) is 17.1 Å². The highest BCUT2D eigenvalue weighted by Gasteiger charge is 2.11. The molecule has 0 aliphatic heterocycles. The molecule has 2 rings (SSSR count). The molecule has 0 amide bonds. The number of benzene rings is 2. The first-order valence-electron chi connectivity index (χ1n) is 5.97. The molecule has 110 valence electrons. The van der Waals surface area contributed by atoms with Gasteiger partial charge >= 0.3 is 5.97 Å². The van der Waals surface area contributed by atoms with Gasteiger partial charge in [0.2, 0.25) is 0 Å². The van der Waals surface area contributed by atoms with Crippen molar-refractivity contribution < 1.29 is 18.3 Å². The first-order chi connectivity index (χ1) is 9.77. The lowest BCUT2D eigenvalue weighted by Crippen LogP contribution is -2.04. The third-order valence-electron chi connectivity index (χ3n) is 2.84. The van der Waals surface area contributed by atoms with Gasteiger partial charge in [0.15, 0.2) is 9.84 Å². The van der Waals surface area contributed by atoms with Gasteiger partial charge in [0.1, 0.15) is 0 Å². The van der Waals surface area contributed by atoms with Gasteiger partial charge in [-0.15, -0.1) is 0 Å². The Morgan fingerprint density at radius 3 is 2.29 bits per heavy atom.